The molecule has 0 amide bonds. The standard InChI is InChI=1S/C12H18O2S.Na.H/c1-4-9-7-10(5-2)12(15(13)14)11(6-3)8-9;;/h7-8H,4-6H2,1-3H3,(H,13,14);;/q;+1;-1. The molecule has 1 N–H and O–H groups in total. The Labute approximate surface area is 124 Å². The maximum atomic E-state index is 11.3. The minimum Gasteiger partial charge on any atom is -1.00 e. The molecular weight excluding hydrogens is 231 g/mol. The van der Waals surface area contributed by atoms with Crippen LogP contribution in [0.1, 0.15) is 38.9 Å². The fourth-order valence-electron chi connectivity index (χ4n) is 1.78. The van der Waals surface area contributed by atoms with Crippen molar-refractivity contribution in [2.75, 3.05) is 0 Å². The van der Waals surface area contributed by atoms with E-state index in [1.54, 1.807) is 0 Å². The molecule has 4 heteroatoms. The molecule has 1 rings (SSSR count). The Bertz CT molecular complexity index is 358. The zero-order valence-corrected chi connectivity index (χ0v) is 13.4. The van der Waals surface area contributed by atoms with Gasteiger partial charge in [0.25, 0.3) is 0 Å². The summed E-state index contributed by atoms with van der Waals surface area (Å²) in [5, 5.41) is 0. The van der Waals surface area contributed by atoms with Crippen LogP contribution in [0.2, 0.25) is 0 Å². The maximum Gasteiger partial charge on any atom is 1.00 e. The molecule has 0 fully saturated rings. The molecule has 0 spiro atoms. The second kappa shape index (κ2) is 7.62. The third kappa shape index (κ3) is 3.67. The van der Waals surface area contributed by atoms with E-state index >= 15 is 0 Å². The van der Waals surface area contributed by atoms with Gasteiger partial charge in [-0.2, -0.15) is 0 Å². The molecule has 0 aliphatic carbocycles. The van der Waals surface area contributed by atoms with Gasteiger partial charge in [0.15, 0.2) is 11.1 Å². The summed E-state index contributed by atoms with van der Waals surface area (Å²) < 4.78 is 20.6. The Kier molecular flexibility index (Phi) is 7.77. The van der Waals surface area contributed by atoms with E-state index in [4.69, 9.17) is 0 Å². The minimum atomic E-state index is -1.86. The van der Waals surface area contributed by atoms with Crippen molar-refractivity contribution in [1.29, 1.82) is 0 Å². The van der Waals surface area contributed by atoms with Crippen molar-refractivity contribution in [3.63, 3.8) is 0 Å². The Morgan fingerprint density at radius 3 is 1.81 bits per heavy atom. The van der Waals surface area contributed by atoms with Crippen LogP contribution in [-0.2, 0) is 30.3 Å². The molecule has 0 radical (unpaired) electrons. The largest absolute Gasteiger partial charge is 1.00 e. The molecule has 0 saturated heterocycles. The summed E-state index contributed by atoms with van der Waals surface area (Å²) in [5.41, 5.74) is 3.26. The summed E-state index contributed by atoms with van der Waals surface area (Å²) in [6, 6.07) is 4.09. The summed E-state index contributed by atoms with van der Waals surface area (Å²) in [6.45, 7) is 6.14. The van der Waals surface area contributed by atoms with Gasteiger partial charge in [0, 0.05) is 0 Å². The van der Waals surface area contributed by atoms with E-state index in [1.807, 2.05) is 26.0 Å². The summed E-state index contributed by atoms with van der Waals surface area (Å²) in [7, 11) is 0. The number of aryl methyl sites for hydroxylation is 3. The first-order chi connectivity index (χ1) is 7.13. The third-order valence-electron chi connectivity index (χ3n) is 2.65. The smallest absolute Gasteiger partial charge is 1.00 e. The van der Waals surface area contributed by atoms with Gasteiger partial charge < -0.3 is 5.98 Å². The zero-order chi connectivity index (χ0) is 11.4. The van der Waals surface area contributed by atoms with Gasteiger partial charge in [-0.15, -0.1) is 0 Å². The van der Waals surface area contributed by atoms with Crippen LogP contribution in [0.4, 0.5) is 0 Å². The molecule has 0 bridgehead atoms. The van der Waals surface area contributed by atoms with Gasteiger partial charge >= 0.3 is 29.6 Å². The fourth-order valence-corrected chi connectivity index (χ4v) is 2.64. The van der Waals surface area contributed by atoms with E-state index in [2.05, 4.69) is 6.92 Å². The molecule has 1 aromatic carbocycles. The van der Waals surface area contributed by atoms with Crippen LogP contribution in [0.25, 0.3) is 0 Å². The second-order valence-electron chi connectivity index (χ2n) is 3.55. The quantitative estimate of drug-likeness (QED) is 0.606. The maximum absolute atomic E-state index is 11.3. The molecule has 86 valence electrons. The van der Waals surface area contributed by atoms with Gasteiger partial charge in [0.2, 0.25) is 0 Å². The molecule has 0 aromatic heterocycles. The topological polar surface area (TPSA) is 37.3 Å². The van der Waals surface area contributed by atoms with E-state index in [0.29, 0.717) is 4.90 Å². The zero-order valence-electron chi connectivity index (χ0n) is 11.5. The van der Waals surface area contributed by atoms with Crippen LogP contribution in [0, 0.1) is 0 Å². The number of benzene rings is 1. The first-order valence-corrected chi connectivity index (χ1v) is 6.50. The number of hydrogen-bond acceptors (Lipinski definition) is 1. The van der Waals surface area contributed by atoms with Crippen LogP contribution >= 0.6 is 0 Å². The van der Waals surface area contributed by atoms with Crippen LogP contribution in [0.5, 0.6) is 0 Å². The van der Waals surface area contributed by atoms with Gasteiger partial charge in [-0.25, -0.2) is 4.21 Å². The predicted molar refractivity (Wildman–Crippen MR) is 64.7 cm³/mol. The summed E-state index contributed by atoms with van der Waals surface area (Å²) >= 11 is -1.86. The van der Waals surface area contributed by atoms with Crippen molar-refractivity contribution < 1.29 is 39.7 Å². The van der Waals surface area contributed by atoms with E-state index < -0.39 is 11.1 Å². The van der Waals surface area contributed by atoms with Gasteiger partial charge in [0.05, 0.1) is 4.90 Å². The van der Waals surface area contributed by atoms with Gasteiger partial charge in [-0.3, -0.25) is 0 Å². The van der Waals surface area contributed by atoms with Gasteiger partial charge in [0.1, 0.15) is 0 Å². The Balaban J connectivity index is 0. The number of hydrogen-bond donors (Lipinski definition) is 1. The van der Waals surface area contributed by atoms with Crippen LogP contribution in [-0.4, -0.2) is 8.76 Å². The summed E-state index contributed by atoms with van der Waals surface area (Å²) in [6.07, 6.45) is 2.59. The molecule has 0 saturated carbocycles. The second-order valence-corrected chi connectivity index (χ2v) is 4.46. The van der Waals surface area contributed by atoms with Gasteiger partial charge in [-0.05, 0) is 36.0 Å². The predicted octanol–water partition coefficient (Wildman–Crippen LogP) is 0.0709. The molecule has 1 unspecified atom stereocenters. The molecule has 0 aliphatic heterocycles. The van der Waals surface area contributed by atoms with E-state index in [1.165, 1.54) is 5.56 Å². The molecule has 1 aromatic rings. The molecule has 2 nitrogen and oxygen atoms in total. The van der Waals surface area contributed by atoms with Crippen LogP contribution in [0.15, 0.2) is 17.0 Å². The van der Waals surface area contributed by atoms with Crippen molar-refractivity contribution in [2.45, 2.75) is 44.9 Å². The van der Waals surface area contributed by atoms with E-state index in [-0.39, 0.29) is 31.0 Å². The van der Waals surface area contributed by atoms with E-state index in [0.717, 1.165) is 30.4 Å². The number of rotatable bonds is 4. The molecular formula is C12H19NaO2S. The fraction of sp³-hybridized carbons (Fsp3) is 0.500. The molecule has 1 atom stereocenters. The SMILES string of the molecule is CCc1cc(CC)c(S(=O)O)c(CC)c1.[H-].[Na+]. The minimum absolute atomic E-state index is 0. The summed E-state index contributed by atoms with van der Waals surface area (Å²) in [4.78, 5) is 0.622. The average molecular weight is 250 g/mol. The van der Waals surface area contributed by atoms with Crippen molar-refractivity contribution in [2.24, 2.45) is 0 Å². The van der Waals surface area contributed by atoms with Crippen molar-refractivity contribution in [3.05, 3.63) is 28.8 Å². The normalized spacial score (nSPS) is 12.0. The Hall–Kier alpha value is 0.330. The average Bonchev–Trinajstić information content (AvgIpc) is 2.26. The molecule has 0 heterocycles. The van der Waals surface area contributed by atoms with Crippen LogP contribution < -0.4 is 29.6 Å². The van der Waals surface area contributed by atoms with E-state index in [9.17, 15) is 8.76 Å². The van der Waals surface area contributed by atoms with Crippen molar-refractivity contribution in [3.8, 4) is 0 Å². The third-order valence-corrected chi connectivity index (χ3v) is 3.52. The van der Waals surface area contributed by atoms with Crippen molar-refractivity contribution in [1.82, 2.24) is 0 Å². The van der Waals surface area contributed by atoms with Crippen LogP contribution in [0.3, 0.4) is 0 Å². The first kappa shape index (κ1) is 16.3. The molecule has 0 aliphatic rings. The molecule has 16 heavy (non-hydrogen) atoms. The Morgan fingerprint density at radius 2 is 1.56 bits per heavy atom. The Morgan fingerprint density at radius 1 is 1.12 bits per heavy atom. The first-order valence-electron chi connectivity index (χ1n) is 5.39. The summed E-state index contributed by atoms with van der Waals surface area (Å²) in [5.74, 6) is 0. The van der Waals surface area contributed by atoms with Gasteiger partial charge in [-0.1, -0.05) is 32.9 Å². The monoisotopic (exact) mass is 250 g/mol. The van der Waals surface area contributed by atoms with Crippen molar-refractivity contribution >= 4 is 11.1 Å².